The van der Waals surface area contributed by atoms with Crippen LogP contribution in [0.2, 0.25) is 0 Å². The minimum Gasteiger partial charge on any atom is -0.462 e. The van der Waals surface area contributed by atoms with Crippen LogP contribution in [0.5, 0.6) is 0 Å². The lowest BCUT2D eigenvalue weighted by atomic mass is 9.99. The van der Waals surface area contributed by atoms with E-state index in [9.17, 15) is 43.2 Å². The van der Waals surface area contributed by atoms with Crippen molar-refractivity contribution in [3.63, 3.8) is 0 Å². The Bertz CT molecular complexity index is 1750. The summed E-state index contributed by atoms with van der Waals surface area (Å²) >= 11 is 0. The van der Waals surface area contributed by atoms with E-state index in [1.54, 1.807) is 0 Å². The van der Waals surface area contributed by atoms with Crippen LogP contribution in [-0.2, 0) is 65.4 Å². The SMILES string of the molecule is CCC(C)CCCCCCCCCCCCCCCCC(=O)OC[C@H](COP(=O)(O)OC[C@@H](O)COP(=O)(O)OC[C@@H](COC(=O)CCCCCCCCC(C)C)OC(=O)CCCCCCCCCCCC(C)C)OC(=O)CCCCCCCCC(C)C. The van der Waals surface area contributed by atoms with Gasteiger partial charge < -0.3 is 33.8 Å². The van der Waals surface area contributed by atoms with E-state index in [0.717, 1.165) is 108 Å². The van der Waals surface area contributed by atoms with Gasteiger partial charge in [-0.2, -0.15) is 0 Å². The molecule has 88 heavy (non-hydrogen) atoms. The number of unbranched alkanes of at least 4 members (excludes halogenated alkanes) is 31. The molecule has 19 heteroatoms. The van der Waals surface area contributed by atoms with Crippen molar-refractivity contribution in [3.05, 3.63) is 0 Å². The molecule has 0 spiro atoms. The summed E-state index contributed by atoms with van der Waals surface area (Å²) < 4.78 is 68.1. The van der Waals surface area contributed by atoms with Crippen molar-refractivity contribution in [2.45, 2.75) is 356 Å². The summed E-state index contributed by atoms with van der Waals surface area (Å²) in [6, 6.07) is 0. The van der Waals surface area contributed by atoms with Gasteiger partial charge in [0.15, 0.2) is 12.2 Å². The molecule has 0 aromatic carbocycles. The third-order valence-corrected chi connectivity index (χ3v) is 18.1. The quantitative estimate of drug-likeness (QED) is 0.0222. The van der Waals surface area contributed by atoms with Crippen LogP contribution in [0.15, 0.2) is 0 Å². The summed E-state index contributed by atoms with van der Waals surface area (Å²) in [5.74, 6) is 0.798. The minimum absolute atomic E-state index is 0.102. The van der Waals surface area contributed by atoms with Crippen LogP contribution in [0.1, 0.15) is 338 Å². The predicted molar refractivity (Wildman–Crippen MR) is 354 cm³/mol. The Labute approximate surface area is 537 Å². The fraction of sp³-hybridized carbons (Fsp3) is 0.942. The number of hydrogen-bond acceptors (Lipinski definition) is 15. The highest BCUT2D eigenvalue weighted by Crippen LogP contribution is 2.45. The van der Waals surface area contributed by atoms with Crippen LogP contribution >= 0.6 is 15.6 Å². The van der Waals surface area contributed by atoms with E-state index in [4.69, 9.17) is 37.0 Å². The second kappa shape index (κ2) is 58.8. The van der Waals surface area contributed by atoms with Gasteiger partial charge in [0.2, 0.25) is 0 Å². The standard InChI is InChI=1S/C69H134O17P2/c1-9-62(8)48-40-32-22-18-14-12-10-11-13-15-19-23-33-41-49-66(71)79-55-65(86-69(74)52-44-36-28-26-31-39-47-61(6)7)58-84-88(77,78)82-54-63(70)53-81-87(75,76)83-57-64(56-80-67(72)50-42-34-27-25-30-38-46-60(4)5)85-68(73)51-43-35-24-20-16-17-21-29-37-45-59(2)3/h59-65,70H,9-58H2,1-8H3,(H,75,76)(H,77,78)/t62?,63-,64+,65+/m0/s1. The first kappa shape index (κ1) is 86.1. The van der Waals surface area contributed by atoms with Crippen LogP contribution in [0.25, 0.3) is 0 Å². The zero-order chi connectivity index (χ0) is 65.4. The first-order valence-corrected chi connectivity index (χ1v) is 38.7. The van der Waals surface area contributed by atoms with E-state index < -0.39 is 97.5 Å². The number of esters is 4. The van der Waals surface area contributed by atoms with Crippen molar-refractivity contribution in [2.75, 3.05) is 39.6 Å². The Kier molecular flexibility index (Phi) is 57.6. The van der Waals surface area contributed by atoms with Gasteiger partial charge in [0.25, 0.3) is 0 Å². The molecule has 3 unspecified atom stereocenters. The molecule has 522 valence electrons. The molecule has 0 radical (unpaired) electrons. The topological polar surface area (TPSA) is 237 Å². The largest absolute Gasteiger partial charge is 0.472 e. The monoisotopic (exact) mass is 1300 g/mol. The number of carbonyl (C=O) groups is 4. The number of ether oxygens (including phenoxy) is 4. The van der Waals surface area contributed by atoms with Gasteiger partial charge in [-0.25, -0.2) is 9.13 Å². The lowest BCUT2D eigenvalue weighted by Crippen LogP contribution is -2.30. The number of phosphoric acid groups is 2. The van der Waals surface area contributed by atoms with Crippen molar-refractivity contribution in [1.29, 1.82) is 0 Å². The zero-order valence-electron chi connectivity index (χ0n) is 57.3. The molecule has 0 aliphatic heterocycles. The fourth-order valence-corrected chi connectivity index (χ4v) is 11.9. The summed E-state index contributed by atoms with van der Waals surface area (Å²) in [4.78, 5) is 72.4. The van der Waals surface area contributed by atoms with Gasteiger partial charge in [-0.05, 0) is 49.4 Å². The number of hydrogen-bond donors (Lipinski definition) is 3. The summed E-state index contributed by atoms with van der Waals surface area (Å²) in [5.41, 5.74) is 0. The summed E-state index contributed by atoms with van der Waals surface area (Å²) in [5, 5.41) is 10.6. The molecule has 3 N–H and O–H groups in total. The van der Waals surface area contributed by atoms with Crippen LogP contribution < -0.4 is 0 Å². The normalized spacial score (nSPS) is 14.6. The molecule has 0 fully saturated rings. The van der Waals surface area contributed by atoms with Crippen LogP contribution in [0.4, 0.5) is 0 Å². The highest BCUT2D eigenvalue weighted by atomic mass is 31.2. The Morgan fingerprint density at radius 2 is 0.545 bits per heavy atom. The average Bonchev–Trinajstić information content (AvgIpc) is 3.70. The number of carbonyl (C=O) groups excluding carboxylic acids is 4. The summed E-state index contributed by atoms with van der Waals surface area (Å²) in [7, 11) is -9.90. The number of aliphatic hydroxyl groups excluding tert-OH is 1. The summed E-state index contributed by atoms with van der Waals surface area (Å²) in [6.07, 6.45) is 40.7. The van der Waals surface area contributed by atoms with Gasteiger partial charge in [-0.3, -0.25) is 37.3 Å². The van der Waals surface area contributed by atoms with E-state index in [1.165, 1.54) is 135 Å². The third-order valence-electron chi connectivity index (χ3n) is 16.2. The first-order chi connectivity index (χ1) is 42.1. The van der Waals surface area contributed by atoms with E-state index >= 15 is 0 Å². The Hall–Kier alpha value is -1.94. The molecule has 0 aromatic heterocycles. The fourth-order valence-electron chi connectivity index (χ4n) is 10.3. The molecule has 0 aliphatic rings. The van der Waals surface area contributed by atoms with Gasteiger partial charge in [0.1, 0.15) is 19.3 Å². The molecule has 0 aromatic rings. The molecule has 0 heterocycles. The maximum absolute atomic E-state index is 13.0. The minimum atomic E-state index is -4.95. The Morgan fingerprint density at radius 3 is 0.807 bits per heavy atom. The van der Waals surface area contributed by atoms with Crippen molar-refractivity contribution < 1.29 is 80.2 Å². The van der Waals surface area contributed by atoms with E-state index in [2.05, 4.69) is 55.4 Å². The molecule has 0 amide bonds. The highest BCUT2D eigenvalue weighted by Gasteiger charge is 2.30. The predicted octanol–water partition coefficient (Wildman–Crippen LogP) is 19.3. The second-order valence-corrected chi connectivity index (χ2v) is 29.5. The molecule has 17 nitrogen and oxygen atoms in total. The Morgan fingerprint density at radius 1 is 0.318 bits per heavy atom. The second-order valence-electron chi connectivity index (χ2n) is 26.6. The van der Waals surface area contributed by atoms with Gasteiger partial charge in [-0.15, -0.1) is 0 Å². The third kappa shape index (κ3) is 61.6. The highest BCUT2D eigenvalue weighted by molar-refractivity contribution is 7.47. The van der Waals surface area contributed by atoms with Crippen LogP contribution in [-0.4, -0.2) is 96.7 Å². The van der Waals surface area contributed by atoms with Crippen molar-refractivity contribution in [2.24, 2.45) is 23.7 Å². The Balaban J connectivity index is 5.17. The number of phosphoric ester groups is 2. The van der Waals surface area contributed by atoms with E-state index in [-0.39, 0.29) is 25.7 Å². The molecule has 6 atom stereocenters. The van der Waals surface area contributed by atoms with Crippen molar-refractivity contribution >= 4 is 39.5 Å². The lowest BCUT2D eigenvalue weighted by Gasteiger charge is -2.21. The number of rotatable bonds is 66. The van der Waals surface area contributed by atoms with Crippen LogP contribution in [0.3, 0.4) is 0 Å². The molecule has 0 saturated carbocycles. The van der Waals surface area contributed by atoms with Crippen molar-refractivity contribution in [3.8, 4) is 0 Å². The summed E-state index contributed by atoms with van der Waals surface area (Å²) in [6.45, 7) is 14.0. The first-order valence-electron chi connectivity index (χ1n) is 35.7. The van der Waals surface area contributed by atoms with Gasteiger partial charge in [0, 0.05) is 25.7 Å². The molecule has 0 aliphatic carbocycles. The molecular weight excluding hydrogens is 1160 g/mol. The smallest absolute Gasteiger partial charge is 0.462 e. The maximum atomic E-state index is 13.0. The molecule has 0 saturated heterocycles. The van der Waals surface area contributed by atoms with Crippen LogP contribution in [0, 0.1) is 23.7 Å². The van der Waals surface area contributed by atoms with E-state index in [1.807, 2.05) is 0 Å². The number of aliphatic hydroxyl groups is 1. The zero-order valence-corrected chi connectivity index (χ0v) is 59.1. The maximum Gasteiger partial charge on any atom is 0.472 e. The lowest BCUT2D eigenvalue weighted by molar-refractivity contribution is -0.161. The van der Waals surface area contributed by atoms with Gasteiger partial charge in [-0.1, -0.05) is 287 Å². The van der Waals surface area contributed by atoms with Crippen molar-refractivity contribution in [1.82, 2.24) is 0 Å². The molecule has 0 bridgehead atoms. The van der Waals surface area contributed by atoms with Gasteiger partial charge >= 0.3 is 39.5 Å². The molecule has 0 rings (SSSR count). The van der Waals surface area contributed by atoms with E-state index in [0.29, 0.717) is 37.5 Å². The average molecular weight is 1300 g/mol. The molecular formula is C69H134O17P2. The van der Waals surface area contributed by atoms with Gasteiger partial charge in [0.05, 0.1) is 26.4 Å².